The Kier molecular flexibility index (Phi) is 9.10. The maximum absolute atomic E-state index is 2.83. The number of rotatable bonds is 9. The first-order chi connectivity index (χ1) is 25.5. The molecular weight excluding hydrogens is 673 g/mol. The summed E-state index contributed by atoms with van der Waals surface area (Å²) >= 11 is 0. The smallest absolute Gasteiger partial charge is 0.0651 e. The van der Waals surface area contributed by atoms with Gasteiger partial charge in [-0.05, 0) is 22.3 Å². The van der Waals surface area contributed by atoms with Crippen LogP contribution in [0.15, 0.2) is 222 Å². The lowest BCUT2D eigenvalue weighted by Gasteiger charge is -2.45. The van der Waals surface area contributed by atoms with E-state index in [1.54, 1.807) is 9.64 Å². The summed E-state index contributed by atoms with van der Waals surface area (Å²) in [5.74, 6) is 0. The van der Waals surface area contributed by atoms with Crippen LogP contribution in [0.3, 0.4) is 0 Å². The molecule has 0 atom stereocenters. The van der Waals surface area contributed by atoms with Crippen molar-refractivity contribution < 1.29 is 0 Å². The van der Waals surface area contributed by atoms with Gasteiger partial charge in [-0.3, -0.25) is 0 Å². The fourth-order valence-corrected chi connectivity index (χ4v) is 31.0. The zero-order chi connectivity index (χ0) is 35.6. The quantitative estimate of drug-likeness (QED) is 0.131. The topological polar surface area (TPSA) is 0 Å². The molecule has 0 N–H and O–H groups in total. The molecule has 0 radical (unpaired) electrons. The van der Waals surface area contributed by atoms with E-state index >= 15 is 0 Å². The van der Waals surface area contributed by atoms with Crippen molar-refractivity contribution in [3.8, 4) is 0 Å². The Balaban J connectivity index is 1.65. The summed E-state index contributed by atoms with van der Waals surface area (Å²) in [6, 6.07) is 80.4. The third kappa shape index (κ3) is 5.48. The lowest BCUT2D eigenvalue weighted by atomic mass is 9.95. The van der Waals surface area contributed by atoms with Crippen LogP contribution in [0.25, 0.3) is 11.1 Å². The zero-order valence-electron chi connectivity index (χ0n) is 30.2. The van der Waals surface area contributed by atoms with Crippen molar-refractivity contribution in [1.82, 2.24) is 0 Å². The van der Waals surface area contributed by atoms with Crippen LogP contribution in [-0.4, -0.2) is 24.2 Å². The van der Waals surface area contributed by atoms with E-state index in [-0.39, 0.29) is 0 Å². The average Bonchev–Trinajstić information content (AvgIpc) is 3.53. The summed E-state index contributed by atoms with van der Waals surface area (Å²) in [5.41, 5.74) is 5.52. The predicted molar refractivity (Wildman–Crippen MR) is 232 cm³/mol. The van der Waals surface area contributed by atoms with Crippen molar-refractivity contribution in [2.75, 3.05) is 0 Å². The molecule has 0 aliphatic carbocycles. The fourth-order valence-electron chi connectivity index (χ4n) is 9.22. The molecule has 0 amide bonds. The van der Waals surface area contributed by atoms with Crippen molar-refractivity contribution in [3.05, 3.63) is 233 Å². The molecule has 252 valence electrons. The maximum atomic E-state index is 2.72. The van der Waals surface area contributed by atoms with Gasteiger partial charge in [-0.25, -0.2) is 0 Å². The monoisotopic (exact) mass is 716 g/mol. The summed E-state index contributed by atoms with van der Waals surface area (Å²) in [6.07, 6.45) is 0. The van der Waals surface area contributed by atoms with E-state index < -0.39 is 24.2 Å². The van der Waals surface area contributed by atoms with Gasteiger partial charge < -0.3 is 0 Å². The van der Waals surface area contributed by atoms with Gasteiger partial charge in [0.15, 0.2) is 0 Å². The molecule has 1 aliphatic rings. The second kappa shape index (κ2) is 14.0. The van der Waals surface area contributed by atoms with Gasteiger partial charge >= 0.3 is 0 Å². The van der Waals surface area contributed by atoms with Gasteiger partial charge in [0, 0.05) is 0 Å². The largest absolute Gasteiger partial charge is 0.138 e. The molecule has 1 aliphatic heterocycles. The molecule has 1 heterocycles. The Morgan fingerprint density at radius 2 is 0.538 bits per heavy atom. The fraction of sp³-hybridized carbons (Fsp3) is 0.0612. The van der Waals surface area contributed by atoms with E-state index in [9.17, 15) is 0 Å². The first-order valence-corrected chi connectivity index (χ1v) is 25.9. The maximum Gasteiger partial charge on any atom is 0.138 e. The van der Waals surface area contributed by atoms with Crippen molar-refractivity contribution in [2.24, 2.45) is 0 Å². The van der Waals surface area contributed by atoms with Crippen LogP contribution in [0.4, 0.5) is 0 Å². The number of allylic oxidation sites excluding steroid dienone is 2. The summed E-state index contributed by atoms with van der Waals surface area (Å²) in [7, 11) is -8.25. The summed E-state index contributed by atoms with van der Waals surface area (Å²) in [5, 5.41) is 7.30. The van der Waals surface area contributed by atoms with Crippen LogP contribution < -0.4 is 25.9 Å². The Hall–Kier alpha value is -5.33. The Morgan fingerprint density at radius 3 is 0.808 bits per heavy atom. The highest BCUT2D eigenvalue weighted by Crippen LogP contribution is 2.53. The van der Waals surface area contributed by atoms with Crippen molar-refractivity contribution in [1.29, 1.82) is 0 Å². The van der Waals surface area contributed by atoms with Crippen molar-refractivity contribution in [3.63, 3.8) is 0 Å². The SMILES string of the molecule is C[Si]1(c2ccccc2)C([Si](C)(c2ccccc2)c2ccccc2)=C(c2ccccc2)C(c2ccccc2)=C1[Si](C)(c1ccccc1)c1ccccc1. The van der Waals surface area contributed by atoms with Gasteiger partial charge in [0.05, 0.1) is 0 Å². The molecule has 8 rings (SSSR count). The molecule has 52 heavy (non-hydrogen) atoms. The van der Waals surface area contributed by atoms with Crippen LogP contribution in [0.1, 0.15) is 11.1 Å². The first kappa shape index (κ1) is 33.8. The molecule has 0 aromatic heterocycles. The lowest BCUT2D eigenvalue weighted by molar-refractivity contribution is 1.58. The van der Waals surface area contributed by atoms with E-state index in [0.29, 0.717) is 0 Å². The van der Waals surface area contributed by atoms with Gasteiger partial charge in [-0.15, -0.1) is 0 Å². The highest BCUT2D eigenvalue weighted by Gasteiger charge is 2.60. The van der Waals surface area contributed by atoms with Gasteiger partial charge in [0.1, 0.15) is 24.2 Å². The number of hydrogen-bond donors (Lipinski definition) is 0. The highest BCUT2D eigenvalue weighted by atomic mass is 28.4. The van der Waals surface area contributed by atoms with Crippen LogP contribution in [0.5, 0.6) is 0 Å². The molecule has 0 saturated carbocycles. The average molecular weight is 717 g/mol. The van der Waals surface area contributed by atoms with Gasteiger partial charge in [0.2, 0.25) is 0 Å². The molecule has 0 unspecified atom stereocenters. The predicted octanol–water partition coefficient (Wildman–Crippen LogP) is 8.84. The second-order valence-corrected chi connectivity index (χ2v) is 27.1. The van der Waals surface area contributed by atoms with Crippen molar-refractivity contribution >= 4 is 61.3 Å². The second-order valence-electron chi connectivity index (χ2n) is 14.4. The Morgan fingerprint density at radius 1 is 0.308 bits per heavy atom. The summed E-state index contributed by atoms with van der Waals surface area (Å²) in [4.78, 5) is 3.38. The van der Waals surface area contributed by atoms with Crippen LogP contribution in [0, 0.1) is 0 Å². The zero-order valence-corrected chi connectivity index (χ0v) is 33.2. The van der Waals surface area contributed by atoms with E-state index in [1.165, 1.54) is 48.2 Å². The number of benzene rings is 7. The third-order valence-electron chi connectivity index (χ3n) is 11.6. The normalized spacial score (nSPS) is 14.4. The van der Waals surface area contributed by atoms with Gasteiger partial charge in [-0.2, -0.15) is 0 Å². The van der Waals surface area contributed by atoms with Crippen LogP contribution in [-0.2, 0) is 0 Å². The molecule has 0 bridgehead atoms. The summed E-state index contributed by atoms with van der Waals surface area (Å²) in [6.45, 7) is 8.03. The van der Waals surface area contributed by atoms with Gasteiger partial charge in [0.25, 0.3) is 0 Å². The Labute approximate surface area is 312 Å². The third-order valence-corrected chi connectivity index (χ3v) is 30.1. The molecule has 3 heteroatoms. The highest BCUT2D eigenvalue weighted by molar-refractivity contribution is 7.33. The minimum absolute atomic E-state index is 1.31. The van der Waals surface area contributed by atoms with E-state index in [4.69, 9.17) is 0 Å². The molecule has 0 fully saturated rings. The van der Waals surface area contributed by atoms with Crippen LogP contribution >= 0.6 is 0 Å². The Bertz CT molecular complexity index is 2110. The lowest BCUT2D eigenvalue weighted by Crippen LogP contribution is -2.71. The number of hydrogen-bond acceptors (Lipinski definition) is 0. The van der Waals surface area contributed by atoms with Gasteiger partial charge in [-0.1, -0.05) is 268 Å². The summed E-state index contributed by atoms with van der Waals surface area (Å²) < 4.78 is 0. The van der Waals surface area contributed by atoms with Crippen LogP contribution in [0.2, 0.25) is 19.6 Å². The molecule has 7 aromatic rings. The van der Waals surface area contributed by atoms with E-state index in [0.717, 1.165) is 0 Å². The molecule has 0 spiro atoms. The molecule has 0 nitrogen and oxygen atoms in total. The molecule has 0 saturated heterocycles. The van der Waals surface area contributed by atoms with Crippen molar-refractivity contribution in [2.45, 2.75) is 19.6 Å². The van der Waals surface area contributed by atoms with E-state index in [2.05, 4.69) is 232 Å². The minimum Gasteiger partial charge on any atom is -0.0651 e. The van der Waals surface area contributed by atoms with E-state index in [1.807, 2.05) is 0 Å². The molecule has 7 aromatic carbocycles. The standard InChI is InChI=1S/C49H44Si3/c1-50(41-29-15-6-16-30-41,42-31-17-7-18-32-42)48-46(39-25-11-4-12-26-39)47(40-27-13-5-14-28-40)49(52(48,3)45-37-23-10-24-38-45)51(2,43-33-19-8-20-34-43)44-35-21-9-22-36-44/h4-38H,1-3H3. The molecular formula is C49H44Si3. The first-order valence-electron chi connectivity index (χ1n) is 18.4. The minimum atomic E-state index is -2.83.